The minimum atomic E-state index is -0.113. The van der Waals surface area contributed by atoms with Gasteiger partial charge in [0.1, 0.15) is 5.75 Å². The van der Waals surface area contributed by atoms with Crippen molar-refractivity contribution in [1.29, 1.82) is 0 Å². The van der Waals surface area contributed by atoms with Crippen molar-refractivity contribution in [1.82, 2.24) is 0 Å². The second-order valence-corrected chi connectivity index (χ2v) is 5.71. The van der Waals surface area contributed by atoms with Crippen molar-refractivity contribution in [2.75, 3.05) is 0 Å². The quantitative estimate of drug-likeness (QED) is 0.848. The first-order valence-corrected chi connectivity index (χ1v) is 7.71. The summed E-state index contributed by atoms with van der Waals surface area (Å²) in [5, 5.41) is 0. The van der Waals surface area contributed by atoms with Crippen LogP contribution in [0.25, 0.3) is 0 Å². The van der Waals surface area contributed by atoms with Crippen LogP contribution in [-0.4, -0.2) is 6.10 Å². The molecule has 0 aliphatic heterocycles. The first-order valence-electron chi connectivity index (χ1n) is 7.71. The molecule has 0 saturated carbocycles. The van der Waals surface area contributed by atoms with Gasteiger partial charge in [-0.15, -0.1) is 0 Å². The van der Waals surface area contributed by atoms with E-state index in [0.29, 0.717) is 0 Å². The van der Waals surface area contributed by atoms with E-state index in [1.807, 2.05) is 32.0 Å². The molecule has 1 atom stereocenters. The van der Waals surface area contributed by atoms with E-state index in [0.717, 1.165) is 29.7 Å². The zero-order valence-corrected chi connectivity index (χ0v) is 13.2. The molecule has 2 heteroatoms. The number of hydrogen-bond acceptors (Lipinski definition) is 2. The Hall–Kier alpha value is -1.80. The smallest absolute Gasteiger partial charge is 0.120 e. The van der Waals surface area contributed by atoms with Crippen LogP contribution < -0.4 is 10.5 Å². The summed E-state index contributed by atoms with van der Waals surface area (Å²) in [5.74, 6) is 0.877. The summed E-state index contributed by atoms with van der Waals surface area (Å²) in [6, 6.07) is 16.5. The Morgan fingerprint density at radius 2 is 1.67 bits per heavy atom. The number of rotatable bonds is 6. The van der Waals surface area contributed by atoms with Gasteiger partial charge in [0.2, 0.25) is 0 Å². The Labute approximate surface area is 127 Å². The van der Waals surface area contributed by atoms with Gasteiger partial charge >= 0.3 is 0 Å². The van der Waals surface area contributed by atoms with Crippen LogP contribution in [0.3, 0.4) is 0 Å². The van der Waals surface area contributed by atoms with Crippen molar-refractivity contribution in [3.63, 3.8) is 0 Å². The lowest BCUT2D eigenvalue weighted by molar-refractivity contribution is 0.242. The second-order valence-electron chi connectivity index (χ2n) is 5.71. The third-order valence-corrected chi connectivity index (χ3v) is 3.44. The van der Waals surface area contributed by atoms with Gasteiger partial charge in [-0.1, -0.05) is 49.7 Å². The fourth-order valence-electron chi connectivity index (χ4n) is 2.48. The van der Waals surface area contributed by atoms with Crippen LogP contribution in [0.1, 0.15) is 49.9 Å². The Bertz CT molecular complexity index is 577. The van der Waals surface area contributed by atoms with E-state index in [9.17, 15) is 0 Å². The number of hydrogen-bond donors (Lipinski definition) is 1. The second kappa shape index (κ2) is 7.28. The average Bonchev–Trinajstić information content (AvgIpc) is 2.47. The third-order valence-electron chi connectivity index (χ3n) is 3.44. The van der Waals surface area contributed by atoms with E-state index in [1.165, 1.54) is 5.56 Å². The number of ether oxygens (including phenoxy) is 1. The topological polar surface area (TPSA) is 35.2 Å². The zero-order valence-electron chi connectivity index (χ0n) is 13.2. The van der Waals surface area contributed by atoms with Gasteiger partial charge in [-0.3, -0.25) is 0 Å². The van der Waals surface area contributed by atoms with E-state index in [1.54, 1.807) is 0 Å². The Balaban J connectivity index is 2.22. The van der Waals surface area contributed by atoms with Gasteiger partial charge in [0.05, 0.1) is 12.1 Å². The van der Waals surface area contributed by atoms with E-state index in [-0.39, 0.29) is 12.1 Å². The molecule has 0 aliphatic rings. The van der Waals surface area contributed by atoms with E-state index in [4.69, 9.17) is 10.5 Å². The Morgan fingerprint density at radius 1 is 1.00 bits per heavy atom. The number of nitrogens with two attached hydrogens (primary N) is 1. The van der Waals surface area contributed by atoms with E-state index in [2.05, 4.69) is 37.3 Å². The highest BCUT2D eigenvalue weighted by molar-refractivity contribution is 5.37. The van der Waals surface area contributed by atoms with Gasteiger partial charge < -0.3 is 10.5 Å². The van der Waals surface area contributed by atoms with Crippen LogP contribution in [-0.2, 0) is 6.42 Å². The lowest BCUT2D eigenvalue weighted by Crippen LogP contribution is -2.13. The minimum Gasteiger partial charge on any atom is -0.491 e. The maximum absolute atomic E-state index is 6.43. The summed E-state index contributed by atoms with van der Waals surface area (Å²) >= 11 is 0. The molecule has 1 unspecified atom stereocenters. The summed E-state index contributed by atoms with van der Waals surface area (Å²) in [4.78, 5) is 0. The highest BCUT2D eigenvalue weighted by atomic mass is 16.5. The summed E-state index contributed by atoms with van der Waals surface area (Å²) in [6.07, 6.45) is 2.41. The molecule has 2 aromatic rings. The number of aryl methyl sites for hydroxylation is 1. The largest absolute Gasteiger partial charge is 0.491 e. The SMILES string of the molecule is CCCc1cccc(C(N)c2cccc(OC(C)C)c2)c1. The van der Waals surface area contributed by atoms with Crippen LogP contribution in [0.2, 0.25) is 0 Å². The van der Waals surface area contributed by atoms with Crippen molar-refractivity contribution in [2.45, 2.75) is 45.8 Å². The molecule has 21 heavy (non-hydrogen) atoms. The predicted octanol–water partition coefficient (Wildman–Crippen LogP) is 4.47. The van der Waals surface area contributed by atoms with Gasteiger partial charge in [0.25, 0.3) is 0 Å². The average molecular weight is 283 g/mol. The highest BCUT2D eigenvalue weighted by Crippen LogP contribution is 2.24. The first-order chi connectivity index (χ1) is 10.1. The van der Waals surface area contributed by atoms with Crippen LogP contribution in [0.4, 0.5) is 0 Å². The van der Waals surface area contributed by atoms with Crippen molar-refractivity contribution in [2.24, 2.45) is 5.73 Å². The molecule has 2 N–H and O–H groups in total. The van der Waals surface area contributed by atoms with Crippen LogP contribution >= 0.6 is 0 Å². The van der Waals surface area contributed by atoms with Crippen molar-refractivity contribution >= 4 is 0 Å². The fraction of sp³-hybridized carbons (Fsp3) is 0.368. The molecule has 112 valence electrons. The molecular weight excluding hydrogens is 258 g/mol. The minimum absolute atomic E-state index is 0.113. The lowest BCUT2D eigenvalue weighted by atomic mass is 9.97. The standard InChI is InChI=1S/C19H25NO/c1-4-7-15-8-5-9-16(12-15)19(20)17-10-6-11-18(13-17)21-14(2)3/h5-6,8-14,19H,4,7,20H2,1-3H3. The summed E-state index contributed by atoms with van der Waals surface area (Å²) in [7, 11) is 0. The predicted molar refractivity (Wildman–Crippen MR) is 88.7 cm³/mol. The van der Waals surface area contributed by atoms with Gasteiger partial charge in [-0.25, -0.2) is 0 Å². The third kappa shape index (κ3) is 4.33. The molecule has 2 nitrogen and oxygen atoms in total. The van der Waals surface area contributed by atoms with Crippen molar-refractivity contribution in [3.8, 4) is 5.75 Å². The molecule has 0 aromatic heterocycles. The first kappa shape index (κ1) is 15.6. The van der Waals surface area contributed by atoms with Gasteiger partial charge in [0.15, 0.2) is 0 Å². The van der Waals surface area contributed by atoms with Crippen LogP contribution in [0.5, 0.6) is 5.75 Å². The highest BCUT2D eigenvalue weighted by Gasteiger charge is 2.10. The van der Waals surface area contributed by atoms with Gasteiger partial charge in [-0.2, -0.15) is 0 Å². The molecule has 0 amide bonds. The molecule has 0 radical (unpaired) electrons. The Morgan fingerprint density at radius 3 is 2.33 bits per heavy atom. The van der Waals surface area contributed by atoms with E-state index < -0.39 is 0 Å². The maximum Gasteiger partial charge on any atom is 0.120 e. The summed E-state index contributed by atoms with van der Waals surface area (Å²) < 4.78 is 5.75. The maximum atomic E-state index is 6.43. The molecule has 0 bridgehead atoms. The van der Waals surface area contributed by atoms with Gasteiger partial charge in [0, 0.05) is 0 Å². The molecule has 0 aliphatic carbocycles. The van der Waals surface area contributed by atoms with Gasteiger partial charge in [-0.05, 0) is 49.1 Å². The Kier molecular flexibility index (Phi) is 5.40. The fourth-order valence-corrected chi connectivity index (χ4v) is 2.48. The molecule has 2 rings (SSSR count). The molecule has 0 fully saturated rings. The van der Waals surface area contributed by atoms with Crippen molar-refractivity contribution < 1.29 is 4.74 Å². The molecule has 0 heterocycles. The lowest BCUT2D eigenvalue weighted by Gasteiger charge is -2.16. The molecular formula is C19H25NO. The monoisotopic (exact) mass is 283 g/mol. The molecule has 0 saturated heterocycles. The number of benzene rings is 2. The van der Waals surface area contributed by atoms with Crippen molar-refractivity contribution in [3.05, 3.63) is 65.2 Å². The zero-order chi connectivity index (χ0) is 15.2. The van der Waals surface area contributed by atoms with Crippen LogP contribution in [0, 0.1) is 0 Å². The normalized spacial score (nSPS) is 12.4. The molecule has 2 aromatic carbocycles. The summed E-state index contributed by atoms with van der Waals surface area (Å²) in [6.45, 7) is 6.25. The molecule has 0 spiro atoms. The van der Waals surface area contributed by atoms with E-state index >= 15 is 0 Å². The summed E-state index contributed by atoms with van der Waals surface area (Å²) in [5.41, 5.74) is 10.0. The van der Waals surface area contributed by atoms with Crippen LogP contribution in [0.15, 0.2) is 48.5 Å².